The predicted octanol–water partition coefficient (Wildman–Crippen LogP) is 1.34. The molecule has 1 amide bonds. The van der Waals surface area contributed by atoms with E-state index in [0.29, 0.717) is 18.7 Å². The first-order valence-electron chi connectivity index (χ1n) is 6.72. The van der Waals surface area contributed by atoms with Crippen LogP contribution in [0.4, 0.5) is 5.69 Å². The summed E-state index contributed by atoms with van der Waals surface area (Å²) in [4.78, 5) is 16.7. The van der Waals surface area contributed by atoms with Gasteiger partial charge >= 0.3 is 0 Å². The molecule has 2 aromatic heterocycles. The SMILES string of the molecule is CCn1ccnc1[C@@H]1OCC[C@H]1C(=O)Nc1cn[nH]c1. The lowest BCUT2D eigenvalue weighted by Crippen LogP contribution is -2.26. The Hall–Kier alpha value is -2.15. The number of H-pyrrole nitrogens is 1. The van der Waals surface area contributed by atoms with Crippen LogP contribution in [0, 0.1) is 5.92 Å². The van der Waals surface area contributed by atoms with Crippen LogP contribution >= 0.6 is 0 Å². The van der Waals surface area contributed by atoms with Crippen molar-refractivity contribution in [3.8, 4) is 0 Å². The third kappa shape index (κ3) is 2.32. The number of imidazole rings is 1. The second-order valence-corrected chi connectivity index (χ2v) is 4.73. The molecule has 0 unspecified atom stereocenters. The number of carbonyl (C=O) groups is 1. The number of hydrogen-bond acceptors (Lipinski definition) is 4. The molecule has 0 saturated carbocycles. The van der Waals surface area contributed by atoms with Gasteiger partial charge in [0.1, 0.15) is 11.9 Å². The third-order valence-electron chi connectivity index (χ3n) is 3.54. The highest BCUT2D eigenvalue weighted by Gasteiger charge is 2.37. The number of aromatic amines is 1. The van der Waals surface area contributed by atoms with Gasteiger partial charge in [0.2, 0.25) is 5.91 Å². The molecule has 0 radical (unpaired) electrons. The summed E-state index contributed by atoms with van der Waals surface area (Å²) < 4.78 is 7.73. The first-order valence-corrected chi connectivity index (χ1v) is 6.72. The van der Waals surface area contributed by atoms with E-state index >= 15 is 0 Å². The fourth-order valence-electron chi connectivity index (χ4n) is 2.51. The summed E-state index contributed by atoms with van der Waals surface area (Å²) in [5, 5.41) is 9.32. The van der Waals surface area contributed by atoms with Gasteiger partial charge in [-0.05, 0) is 13.3 Å². The average molecular weight is 275 g/mol. The molecule has 7 heteroatoms. The van der Waals surface area contributed by atoms with Crippen molar-refractivity contribution in [2.24, 2.45) is 5.92 Å². The molecule has 3 rings (SSSR count). The molecule has 7 nitrogen and oxygen atoms in total. The van der Waals surface area contributed by atoms with Crippen LogP contribution in [0.2, 0.25) is 0 Å². The van der Waals surface area contributed by atoms with Crippen molar-refractivity contribution in [1.29, 1.82) is 0 Å². The Morgan fingerprint density at radius 1 is 1.65 bits per heavy atom. The van der Waals surface area contributed by atoms with E-state index in [0.717, 1.165) is 12.4 Å². The van der Waals surface area contributed by atoms with Gasteiger partial charge < -0.3 is 14.6 Å². The van der Waals surface area contributed by atoms with Crippen LogP contribution in [-0.4, -0.2) is 32.3 Å². The summed E-state index contributed by atoms with van der Waals surface area (Å²) in [6, 6.07) is 0. The summed E-state index contributed by atoms with van der Waals surface area (Å²) in [7, 11) is 0. The lowest BCUT2D eigenvalue weighted by atomic mass is 9.99. The number of nitrogens with one attached hydrogen (secondary N) is 2. The standard InChI is InChI=1S/C13H17N5O2/c1-2-18-5-4-14-12(18)11-10(3-6-20-11)13(19)17-9-7-15-16-8-9/h4-5,7-8,10-11H,2-3,6H2,1H3,(H,15,16)(H,17,19)/t10-,11-/m1/s1. The Kier molecular flexibility index (Phi) is 3.51. The van der Waals surface area contributed by atoms with Crippen molar-refractivity contribution < 1.29 is 9.53 Å². The van der Waals surface area contributed by atoms with Gasteiger partial charge in [-0.1, -0.05) is 0 Å². The molecule has 2 N–H and O–H groups in total. The number of nitrogens with zero attached hydrogens (tertiary/aromatic N) is 3. The van der Waals surface area contributed by atoms with Crippen molar-refractivity contribution in [2.75, 3.05) is 11.9 Å². The summed E-state index contributed by atoms with van der Waals surface area (Å²) in [5.41, 5.74) is 0.666. The van der Waals surface area contributed by atoms with E-state index < -0.39 is 0 Å². The van der Waals surface area contributed by atoms with Crippen LogP contribution in [0.15, 0.2) is 24.8 Å². The normalized spacial score (nSPS) is 22.1. The largest absolute Gasteiger partial charge is 0.369 e. The average Bonchev–Trinajstić information content (AvgIpc) is 3.18. The minimum absolute atomic E-state index is 0.0560. The number of aryl methyl sites for hydroxylation is 1. The van der Waals surface area contributed by atoms with Crippen molar-refractivity contribution in [1.82, 2.24) is 19.7 Å². The van der Waals surface area contributed by atoms with Crippen molar-refractivity contribution >= 4 is 11.6 Å². The molecule has 0 bridgehead atoms. The molecule has 0 aliphatic carbocycles. The molecule has 1 aliphatic heterocycles. The summed E-state index contributed by atoms with van der Waals surface area (Å²) in [6.07, 6.45) is 7.29. The Morgan fingerprint density at radius 3 is 3.30 bits per heavy atom. The van der Waals surface area contributed by atoms with Gasteiger partial charge in [-0.25, -0.2) is 4.98 Å². The second kappa shape index (κ2) is 5.46. The van der Waals surface area contributed by atoms with Crippen LogP contribution in [0.3, 0.4) is 0 Å². The first kappa shape index (κ1) is 12.9. The minimum Gasteiger partial charge on any atom is -0.369 e. The van der Waals surface area contributed by atoms with Gasteiger partial charge in [-0.2, -0.15) is 5.10 Å². The maximum absolute atomic E-state index is 12.3. The van der Waals surface area contributed by atoms with Gasteiger partial charge in [0, 0.05) is 31.7 Å². The number of rotatable bonds is 4. The van der Waals surface area contributed by atoms with Gasteiger partial charge in [0.05, 0.1) is 17.8 Å². The van der Waals surface area contributed by atoms with Crippen LogP contribution < -0.4 is 5.32 Å². The molecule has 20 heavy (non-hydrogen) atoms. The number of aromatic nitrogens is 4. The molecular formula is C13H17N5O2. The van der Waals surface area contributed by atoms with Crippen LogP contribution in [0.1, 0.15) is 25.3 Å². The zero-order valence-corrected chi connectivity index (χ0v) is 11.2. The fraction of sp³-hybridized carbons (Fsp3) is 0.462. The molecule has 1 aliphatic rings. The molecule has 2 atom stereocenters. The van der Waals surface area contributed by atoms with E-state index in [2.05, 4.69) is 20.5 Å². The summed E-state index contributed by atoms with van der Waals surface area (Å²) >= 11 is 0. The Labute approximate surface area is 116 Å². The second-order valence-electron chi connectivity index (χ2n) is 4.73. The Bertz CT molecular complexity index is 577. The Morgan fingerprint density at radius 2 is 2.55 bits per heavy atom. The van der Waals surface area contributed by atoms with Gasteiger partial charge in [0.25, 0.3) is 0 Å². The van der Waals surface area contributed by atoms with E-state index in [-0.39, 0.29) is 17.9 Å². The smallest absolute Gasteiger partial charge is 0.230 e. The third-order valence-corrected chi connectivity index (χ3v) is 3.54. The van der Waals surface area contributed by atoms with E-state index in [1.807, 2.05) is 17.7 Å². The molecule has 0 spiro atoms. The number of hydrogen-bond donors (Lipinski definition) is 2. The number of amides is 1. The van der Waals surface area contributed by atoms with Crippen molar-refractivity contribution in [2.45, 2.75) is 26.0 Å². The van der Waals surface area contributed by atoms with E-state index in [1.54, 1.807) is 18.6 Å². The molecule has 2 aromatic rings. The van der Waals surface area contributed by atoms with Crippen molar-refractivity contribution in [3.05, 3.63) is 30.6 Å². The van der Waals surface area contributed by atoms with E-state index in [1.165, 1.54) is 0 Å². The molecule has 3 heterocycles. The van der Waals surface area contributed by atoms with Crippen LogP contribution in [0.25, 0.3) is 0 Å². The van der Waals surface area contributed by atoms with Gasteiger partial charge in [-0.3, -0.25) is 9.89 Å². The highest BCUT2D eigenvalue weighted by Crippen LogP contribution is 2.34. The topological polar surface area (TPSA) is 84.8 Å². The van der Waals surface area contributed by atoms with Crippen molar-refractivity contribution in [3.63, 3.8) is 0 Å². The lowest BCUT2D eigenvalue weighted by Gasteiger charge is -2.18. The lowest BCUT2D eigenvalue weighted by molar-refractivity contribution is -0.121. The quantitative estimate of drug-likeness (QED) is 0.882. The molecule has 0 aromatic carbocycles. The number of anilines is 1. The maximum Gasteiger partial charge on any atom is 0.230 e. The zero-order chi connectivity index (χ0) is 13.9. The van der Waals surface area contributed by atoms with Gasteiger partial charge in [0.15, 0.2) is 0 Å². The zero-order valence-electron chi connectivity index (χ0n) is 11.2. The Balaban J connectivity index is 1.77. The fourth-order valence-corrected chi connectivity index (χ4v) is 2.51. The maximum atomic E-state index is 12.3. The van der Waals surface area contributed by atoms with E-state index in [9.17, 15) is 4.79 Å². The monoisotopic (exact) mass is 275 g/mol. The highest BCUT2D eigenvalue weighted by molar-refractivity contribution is 5.92. The van der Waals surface area contributed by atoms with Gasteiger partial charge in [-0.15, -0.1) is 0 Å². The van der Waals surface area contributed by atoms with Crippen LogP contribution in [0.5, 0.6) is 0 Å². The number of carbonyl (C=O) groups excluding carboxylic acids is 1. The summed E-state index contributed by atoms with van der Waals surface area (Å²) in [6.45, 7) is 3.43. The molecule has 106 valence electrons. The highest BCUT2D eigenvalue weighted by atomic mass is 16.5. The molecular weight excluding hydrogens is 258 g/mol. The van der Waals surface area contributed by atoms with Crippen LogP contribution in [-0.2, 0) is 16.1 Å². The minimum atomic E-state index is -0.281. The predicted molar refractivity (Wildman–Crippen MR) is 71.9 cm³/mol. The molecule has 1 fully saturated rings. The summed E-state index contributed by atoms with van der Waals surface area (Å²) in [5.74, 6) is 0.537. The molecule has 1 saturated heterocycles. The van der Waals surface area contributed by atoms with E-state index in [4.69, 9.17) is 4.74 Å². The first-order chi connectivity index (χ1) is 9.79. The number of ether oxygens (including phenoxy) is 1.